The number of aliphatic carboxylic acids is 1. The van der Waals surface area contributed by atoms with Crippen LogP contribution in [0.2, 0.25) is 0 Å². The van der Waals surface area contributed by atoms with Crippen molar-refractivity contribution < 1.29 is 37.0 Å². The normalized spacial score (nSPS) is 13.9. The lowest BCUT2D eigenvalue weighted by Gasteiger charge is -2.19. The third-order valence-electron chi connectivity index (χ3n) is 4.70. The maximum Gasteiger partial charge on any atom is 0.490 e. The molecule has 4 rings (SSSR count). The lowest BCUT2D eigenvalue weighted by atomic mass is 10.0. The molecule has 2 heterocycles. The molecule has 34 heavy (non-hydrogen) atoms. The fraction of sp³-hybridized carbons (Fsp3) is 0.227. The molecule has 1 unspecified atom stereocenters. The first-order valence-electron chi connectivity index (χ1n) is 9.98. The number of carbonyl (C=O) groups excluding carboxylic acids is 1. The second-order valence-electron chi connectivity index (χ2n) is 7.05. The zero-order valence-corrected chi connectivity index (χ0v) is 17.5. The summed E-state index contributed by atoms with van der Waals surface area (Å²) >= 11 is 0. The van der Waals surface area contributed by atoms with E-state index in [1.54, 1.807) is 30.6 Å². The number of alkyl halides is 3. The number of H-pyrrole nitrogens is 1. The maximum absolute atomic E-state index is 13.3. The van der Waals surface area contributed by atoms with Crippen LogP contribution in [0.15, 0.2) is 54.9 Å². The molecular formula is C22H20F4N4O4. The maximum atomic E-state index is 13.3. The molecule has 0 aliphatic carbocycles. The number of amides is 1. The summed E-state index contributed by atoms with van der Waals surface area (Å²) in [5.41, 5.74) is 2.13. The quantitative estimate of drug-likeness (QED) is 0.427. The predicted molar refractivity (Wildman–Crippen MR) is 112 cm³/mol. The first kappa shape index (κ1) is 24.7. The number of aromatic nitrogens is 2. The Labute approximate surface area is 191 Å². The first-order valence-corrected chi connectivity index (χ1v) is 9.98. The number of ether oxygens (including phenoxy) is 1. The van der Waals surface area contributed by atoms with Crippen molar-refractivity contribution in [1.29, 1.82) is 0 Å². The number of benzene rings is 2. The fourth-order valence-electron chi connectivity index (χ4n) is 3.13. The molecule has 0 saturated heterocycles. The molecule has 4 N–H and O–H groups in total. The largest absolute Gasteiger partial charge is 0.491 e. The van der Waals surface area contributed by atoms with Crippen LogP contribution in [0.3, 0.4) is 0 Å². The molecule has 3 aromatic rings. The van der Waals surface area contributed by atoms with Crippen LogP contribution in [0, 0.1) is 5.82 Å². The molecule has 8 nitrogen and oxygen atoms in total. The predicted octanol–water partition coefficient (Wildman–Crippen LogP) is 3.18. The number of carboxylic acids is 1. The highest BCUT2D eigenvalue weighted by Gasteiger charge is 2.38. The van der Waals surface area contributed by atoms with Crippen LogP contribution in [0.25, 0.3) is 0 Å². The Kier molecular flexibility index (Phi) is 7.84. The van der Waals surface area contributed by atoms with Gasteiger partial charge in [0, 0.05) is 31.0 Å². The third kappa shape index (κ3) is 6.32. The molecule has 0 spiro atoms. The Morgan fingerprint density at radius 1 is 1.15 bits per heavy atom. The topological polar surface area (TPSA) is 116 Å². The number of nitrogens with zero attached hydrogens (tertiary/aromatic N) is 1. The fourth-order valence-corrected chi connectivity index (χ4v) is 3.13. The van der Waals surface area contributed by atoms with Gasteiger partial charge in [0.25, 0.3) is 5.91 Å². The summed E-state index contributed by atoms with van der Waals surface area (Å²) in [5, 5.41) is 13.4. The minimum atomic E-state index is -5.08. The number of aromatic amines is 1. The van der Waals surface area contributed by atoms with Crippen molar-refractivity contribution in [2.75, 3.05) is 13.2 Å². The number of para-hydroxylation sites is 1. The Morgan fingerprint density at radius 3 is 2.47 bits per heavy atom. The van der Waals surface area contributed by atoms with Gasteiger partial charge in [-0.25, -0.2) is 14.2 Å². The molecular weight excluding hydrogens is 460 g/mol. The Hall–Kier alpha value is -3.93. The third-order valence-corrected chi connectivity index (χ3v) is 4.70. The van der Waals surface area contributed by atoms with E-state index in [9.17, 15) is 22.4 Å². The average molecular weight is 480 g/mol. The number of nitrogens with one attached hydrogen (secondary N) is 3. The number of rotatable bonds is 4. The van der Waals surface area contributed by atoms with E-state index in [-0.39, 0.29) is 11.7 Å². The Bertz CT molecular complexity index is 1120. The molecule has 12 heteroatoms. The molecule has 1 aliphatic rings. The molecule has 0 fully saturated rings. The zero-order chi connectivity index (χ0) is 24.7. The van der Waals surface area contributed by atoms with Crippen molar-refractivity contribution >= 4 is 11.9 Å². The van der Waals surface area contributed by atoms with Gasteiger partial charge >= 0.3 is 12.1 Å². The number of hydrogen-bond donors (Lipinski definition) is 4. The minimum absolute atomic E-state index is 0.278. The average Bonchev–Trinajstić information content (AvgIpc) is 3.22. The van der Waals surface area contributed by atoms with Crippen LogP contribution in [-0.4, -0.2) is 46.3 Å². The van der Waals surface area contributed by atoms with E-state index in [1.165, 1.54) is 12.1 Å². The standard InChI is InChI=1S/C20H19FN4O2.C2HF3O2/c21-15-6-4-13(5-7-15)17(19-23-8-9-24-19)25-20(26)16-3-1-2-14-12-22-10-11-27-18(14)16;3-2(4,5)1(6)7/h1-9,17,22H,10-12H2,(H,23,24)(H,25,26);(H,6,7). The van der Waals surface area contributed by atoms with Crippen LogP contribution in [0.5, 0.6) is 5.75 Å². The van der Waals surface area contributed by atoms with Gasteiger partial charge in [-0.05, 0) is 23.8 Å². The van der Waals surface area contributed by atoms with Crippen molar-refractivity contribution in [3.63, 3.8) is 0 Å². The van der Waals surface area contributed by atoms with Crippen LogP contribution < -0.4 is 15.4 Å². The highest BCUT2D eigenvalue weighted by atomic mass is 19.4. The first-order chi connectivity index (χ1) is 16.2. The number of carboxylic acid groups (broad SMARTS) is 1. The second-order valence-corrected chi connectivity index (χ2v) is 7.05. The number of carbonyl (C=O) groups is 2. The van der Waals surface area contributed by atoms with Gasteiger partial charge in [0.05, 0.1) is 5.56 Å². The van der Waals surface area contributed by atoms with Crippen molar-refractivity contribution in [3.8, 4) is 5.75 Å². The van der Waals surface area contributed by atoms with E-state index in [2.05, 4.69) is 20.6 Å². The van der Waals surface area contributed by atoms with Crippen molar-refractivity contribution in [2.24, 2.45) is 0 Å². The zero-order valence-electron chi connectivity index (χ0n) is 17.5. The van der Waals surface area contributed by atoms with Gasteiger partial charge < -0.3 is 25.5 Å². The molecule has 1 atom stereocenters. The van der Waals surface area contributed by atoms with E-state index < -0.39 is 18.2 Å². The van der Waals surface area contributed by atoms with Crippen LogP contribution >= 0.6 is 0 Å². The Balaban J connectivity index is 0.000000406. The van der Waals surface area contributed by atoms with Gasteiger partial charge in [-0.3, -0.25) is 4.79 Å². The molecule has 0 saturated carbocycles. The van der Waals surface area contributed by atoms with E-state index in [0.717, 1.165) is 17.7 Å². The van der Waals surface area contributed by atoms with Gasteiger partial charge in [-0.2, -0.15) is 13.2 Å². The van der Waals surface area contributed by atoms with E-state index in [1.807, 2.05) is 12.1 Å². The number of fused-ring (bicyclic) bond motifs is 1. The summed E-state index contributed by atoms with van der Waals surface area (Å²) < 4.78 is 50.8. The van der Waals surface area contributed by atoms with Gasteiger partial charge in [0.15, 0.2) is 0 Å². The molecule has 0 bridgehead atoms. The monoisotopic (exact) mass is 480 g/mol. The summed E-state index contributed by atoms with van der Waals surface area (Å²) in [6, 6.07) is 11.0. The van der Waals surface area contributed by atoms with Gasteiger partial charge in [0.2, 0.25) is 0 Å². The van der Waals surface area contributed by atoms with Gasteiger partial charge in [-0.15, -0.1) is 0 Å². The molecule has 1 aliphatic heterocycles. The highest BCUT2D eigenvalue weighted by molar-refractivity contribution is 5.97. The smallest absolute Gasteiger partial charge is 0.490 e. The SMILES string of the molecule is O=C(NC(c1ccc(F)cc1)c1ncc[nH]1)c1cccc2c1OCCNC2.O=C(O)C(F)(F)F. The minimum Gasteiger partial charge on any atom is -0.491 e. The second kappa shape index (κ2) is 10.8. The van der Waals surface area contributed by atoms with Crippen LogP contribution in [0.4, 0.5) is 17.6 Å². The molecule has 2 aromatic carbocycles. The lowest BCUT2D eigenvalue weighted by Crippen LogP contribution is -2.30. The Morgan fingerprint density at radius 2 is 1.85 bits per heavy atom. The number of imidazole rings is 1. The van der Waals surface area contributed by atoms with Crippen molar-refractivity contribution in [2.45, 2.75) is 18.8 Å². The van der Waals surface area contributed by atoms with Gasteiger partial charge in [-0.1, -0.05) is 24.3 Å². The summed E-state index contributed by atoms with van der Waals surface area (Å²) in [5.74, 6) is -2.21. The summed E-state index contributed by atoms with van der Waals surface area (Å²) in [6.07, 6.45) is -1.79. The lowest BCUT2D eigenvalue weighted by molar-refractivity contribution is -0.192. The van der Waals surface area contributed by atoms with E-state index in [4.69, 9.17) is 14.6 Å². The summed E-state index contributed by atoms with van der Waals surface area (Å²) in [6.45, 7) is 1.87. The van der Waals surface area contributed by atoms with Crippen molar-refractivity contribution in [1.82, 2.24) is 20.6 Å². The molecule has 0 radical (unpaired) electrons. The molecule has 1 amide bonds. The van der Waals surface area contributed by atoms with E-state index >= 15 is 0 Å². The number of hydrogen-bond acceptors (Lipinski definition) is 5. The number of halogens is 4. The van der Waals surface area contributed by atoms with Crippen LogP contribution in [-0.2, 0) is 11.3 Å². The summed E-state index contributed by atoms with van der Waals surface area (Å²) in [4.78, 5) is 29.2. The summed E-state index contributed by atoms with van der Waals surface area (Å²) in [7, 11) is 0. The molecule has 180 valence electrons. The van der Waals surface area contributed by atoms with Gasteiger partial charge in [0.1, 0.15) is 30.0 Å². The molecule has 1 aromatic heterocycles. The van der Waals surface area contributed by atoms with Crippen molar-refractivity contribution in [3.05, 3.63) is 83.2 Å². The van der Waals surface area contributed by atoms with Crippen LogP contribution in [0.1, 0.15) is 33.4 Å². The van der Waals surface area contributed by atoms with E-state index in [0.29, 0.717) is 30.3 Å². The highest BCUT2D eigenvalue weighted by Crippen LogP contribution is 2.27.